The fraction of sp³-hybridized carbons (Fsp3) is 0.350. The van der Waals surface area contributed by atoms with E-state index in [1.54, 1.807) is 6.07 Å². The lowest BCUT2D eigenvalue weighted by Gasteiger charge is -2.26. The topological polar surface area (TPSA) is 84.3 Å². The van der Waals surface area contributed by atoms with Crippen LogP contribution in [-0.4, -0.2) is 64.7 Å². The van der Waals surface area contributed by atoms with Crippen molar-refractivity contribution in [3.05, 3.63) is 48.2 Å². The number of nitrogens with zero attached hydrogens (tertiary/aromatic N) is 4. The van der Waals surface area contributed by atoms with Crippen molar-refractivity contribution in [2.75, 3.05) is 44.7 Å². The number of fused-ring (bicyclic) bond motifs is 1. The van der Waals surface area contributed by atoms with E-state index in [4.69, 9.17) is 4.74 Å². The lowest BCUT2D eigenvalue weighted by molar-refractivity contribution is 0.0383. The number of carbonyl (C=O) groups excluding carboxylic acids is 1. The molecule has 0 spiro atoms. The van der Waals surface area contributed by atoms with Crippen molar-refractivity contribution in [2.45, 2.75) is 0 Å². The maximum absolute atomic E-state index is 12.4. The zero-order valence-electron chi connectivity index (χ0n) is 15.9. The first-order valence-corrected chi connectivity index (χ1v) is 9.44. The first-order valence-electron chi connectivity index (χ1n) is 9.44. The summed E-state index contributed by atoms with van der Waals surface area (Å²) < 4.78 is 7.30. The third kappa shape index (κ3) is 4.13. The fourth-order valence-corrected chi connectivity index (χ4v) is 3.25. The monoisotopic (exact) mass is 380 g/mol. The number of aromatic nitrogens is 3. The zero-order valence-corrected chi connectivity index (χ0v) is 15.9. The summed E-state index contributed by atoms with van der Waals surface area (Å²) in [6.45, 7) is 4.73. The van der Waals surface area contributed by atoms with Crippen LogP contribution in [0.2, 0.25) is 0 Å². The van der Waals surface area contributed by atoms with Crippen molar-refractivity contribution in [3.8, 4) is 0 Å². The van der Waals surface area contributed by atoms with Crippen LogP contribution in [-0.2, 0) is 11.8 Å². The molecule has 3 aromatic rings. The Bertz CT molecular complexity index is 964. The van der Waals surface area contributed by atoms with Gasteiger partial charge in [-0.2, -0.15) is 0 Å². The van der Waals surface area contributed by atoms with Crippen LogP contribution < -0.4 is 10.6 Å². The van der Waals surface area contributed by atoms with Gasteiger partial charge in [-0.15, -0.1) is 0 Å². The Morgan fingerprint density at radius 3 is 2.75 bits per heavy atom. The number of hydrogen-bond donors (Lipinski definition) is 2. The Balaban J connectivity index is 1.39. The number of nitrogens with one attached hydrogen (secondary N) is 2. The second-order valence-corrected chi connectivity index (χ2v) is 6.73. The summed E-state index contributed by atoms with van der Waals surface area (Å²) in [5.41, 5.74) is 2.32. The highest BCUT2D eigenvalue weighted by Crippen LogP contribution is 2.20. The molecular formula is C20H24N6O2. The summed E-state index contributed by atoms with van der Waals surface area (Å²) in [6.07, 6.45) is 0. The van der Waals surface area contributed by atoms with Crippen LogP contribution in [0.1, 0.15) is 10.5 Å². The standard InChI is InChI=1S/C20H24N6O2/c1-25-17-7-3-2-5-15(17)23-20(25)24-18-8-4-6-16(22-18)19(27)21-9-10-26-11-13-28-14-12-26/h2-8H,9-14H2,1H3,(H,21,27)(H,22,23,24). The predicted octanol–water partition coefficient (Wildman–Crippen LogP) is 1.77. The molecule has 2 N–H and O–H groups in total. The van der Waals surface area contributed by atoms with Gasteiger partial charge in [0.1, 0.15) is 11.5 Å². The Hall–Kier alpha value is -2.97. The number of para-hydroxylation sites is 2. The SMILES string of the molecule is Cn1c(Nc2cccc(C(=O)NCCN3CCOCC3)n2)nc2ccccc21. The fourth-order valence-electron chi connectivity index (χ4n) is 3.25. The predicted molar refractivity (Wildman–Crippen MR) is 108 cm³/mol. The number of carbonyl (C=O) groups is 1. The average molecular weight is 380 g/mol. The van der Waals surface area contributed by atoms with E-state index in [2.05, 4.69) is 25.5 Å². The highest BCUT2D eigenvalue weighted by atomic mass is 16.5. The number of ether oxygens (including phenoxy) is 1. The summed E-state index contributed by atoms with van der Waals surface area (Å²) >= 11 is 0. The van der Waals surface area contributed by atoms with Gasteiger partial charge in [-0.05, 0) is 24.3 Å². The van der Waals surface area contributed by atoms with Gasteiger partial charge in [0.25, 0.3) is 5.91 Å². The van der Waals surface area contributed by atoms with E-state index in [1.807, 2.05) is 48.0 Å². The minimum atomic E-state index is -0.179. The molecular weight excluding hydrogens is 356 g/mol. The molecule has 2 aromatic heterocycles. The van der Waals surface area contributed by atoms with Crippen LogP contribution in [0.25, 0.3) is 11.0 Å². The molecule has 0 atom stereocenters. The number of hydrogen-bond acceptors (Lipinski definition) is 6. The molecule has 8 heteroatoms. The van der Waals surface area contributed by atoms with Gasteiger partial charge < -0.3 is 19.9 Å². The molecule has 4 rings (SSSR count). The van der Waals surface area contributed by atoms with E-state index in [0.717, 1.165) is 43.9 Å². The number of pyridine rings is 1. The van der Waals surface area contributed by atoms with Gasteiger partial charge in [0.2, 0.25) is 5.95 Å². The Labute approximate surface area is 163 Å². The second-order valence-electron chi connectivity index (χ2n) is 6.73. The molecule has 1 amide bonds. The van der Waals surface area contributed by atoms with Gasteiger partial charge in [0.05, 0.1) is 24.2 Å². The van der Waals surface area contributed by atoms with Gasteiger partial charge in [-0.1, -0.05) is 18.2 Å². The Morgan fingerprint density at radius 2 is 1.93 bits per heavy atom. The summed E-state index contributed by atoms with van der Waals surface area (Å²) in [7, 11) is 1.94. The molecule has 0 bridgehead atoms. The third-order valence-corrected chi connectivity index (χ3v) is 4.83. The van der Waals surface area contributed by atoms with E-state index in [9.17, 15) is 4.79 Å². The van der Waals surface area contributed by atoms with Crippen molar-refractivity contribution < 1.29 is 9.53 Å². The molecule has 0 unspecified atom stereocenters. The number of morpholine rings is 1. The van der Waals surface area contributed by atoms with E-state index >= 15 is 0 Å². The minimum absolute atomic E-state index is 0.179. The first kappa shape index (κ1) is 18.4. The average Bonchev–Trinajstić information content (AvgIpc) is 3.04. The number of rotatable bonds is 6. The van der Waals surface area contributed by atoms with Crippen LogP contribution in [0, 0.1) is 0 Å². The number of imidazole rings is 1. The molecule has 1 aromatic carbocycles. The summed E-state index contributed by atoms with van der Waals surface area (Å²) in [4.78, 5) is 23.7. The lowest BCUT2D eigenvalue weighted by Crippen LogP contribution is -2.41. The second kappa shape index (κ2) is 8.37. The van der Waals surface area contributed by atoms with Crippen molar-refractivity contribution in [2.24, 2.45) is 7.05 Å². The Morgan fingerprint density at radius 1 is 1.11 bits per heavy atom. The van der Waals surface area contributed by atoms with E-state index in [0.29, 0.717) is 24.0 Å². The molecule has 0 saturated carbocycles. The van der Waals surface area contributed by atoms with Gasteiger partial charge in [0, 0.05) is 33.2 Å². The third-order valence-electron chi connectivity index (χ3n) is 4.83. The van der Waals surface area contributed by atoms with Crippen LogP contribution in [0.15, 0.2) is 42.5 Å². The number of amides is 1. The maximum Gasteiger partial charge on any atom is 0.270 e. The number of aryl methyl sites for hydroxylation is 1. The normalized spacial score (nSPS) is 14.9. The van der Waals surface area contributed by atoms with Gasteiger partial charge >= 0.3 is 0 Å². The lowest BCUT2D eigenvalue weighted by atomic mass is 10.3. The van der Waals surface area contributed by atoms with Gasteiger partial charge in [-0.25, -0.2) is 9.97 Å². The highest BCUT2D eigenvalue weighted by molar-refractivity contribution is 5.92. The minimum Gasteiger partial charge on any atom is -0.379 e. The molecule has 8 nitrogen and oxygen atoms in total. The number of benzene rings is 1. The van der Waals surface area contributed by atoms with Crippen LogP contribution in [0.5, 0.6) is 0 Å². The molecule has 0 aliphatic carbocycles. The van der Waals surface area contributed by atoms with Crippen molar-refractivity contribution in [1.29, 1.82) is 0 Å². The summed E-state index contributed by atoms with van der Waals surface area (Å²) in [6, 6.07) is 13.3. The first-order chi connectivity index (χ1) is 13.7. The molecule has 1 aliphatic heterocycles. The quantitative estimate of drug-likeness (QED) is 0.678. The van der Waals surface area contributed by atoms with Crippen molar-refractivity contribution in [3.63, 3.8) is 0 Å². The van der Waals surface area contributed by atoms with Crippen molar-refractivity contribution in [1.82, 2.24) is 24.8 Å². The molecule has 1 saturated heterocycles. The van der Waals surface area contributed by atoms with E-state index in [1.165, 1.54) is 0 Å². The Kier molecular flexibility index (Phi) is 5.50. The van der Waals surface area contributed by atoms with Crippen LogP contribution in [0.4, 0.5) is 11.8 Å². The van der Waals surface area contributed by atoms with Gasteiger partial charge in [0.15, 0.2) is 0 Å². The highest BCUT2D eigenvalue weighted by Gasteiger charge is 2.13. The maximum atomic E-state index is 12.4. The zero-order chi connectivity index (χ0) is 19.3. The van der Waals surface area contributed by atoms with Crippen LogP contribution in [0.3, 0.4) is 0 Å². The summed E-state index contributed by atoms with van der Waals surface area (Å²) in [5, 5.41) is 6.14. The smallest absolute Gasteiger partial charge is 0.270 e. The largest absolute Gasteiger partial charge is 0.379 e. The summed E-state index contributed by atoms with van der Waals surface area (Å²) in [5.74, 6) is 1.08. The molecule has 1 fully saturated rings. The molecule has 28 heavy (non-hydrogen) atoms. The van der Waals surface area contributed by atoms with Crippen LogP contribution >= 0.6 is 0 Å². The van der Waals surface area contributed by atoms with E-state index in [-0.39, 0.29) is 5.91 Å². The van der Waals surface area contributed by atoms with Gasteiger partial charge in [-0.3, -0.25) is 9.69 Å². The molecule has 3 heterocycles. The van der Waals surface area contributed by atoms with E-state index < -0.39 is 0 Å². The van der Waals surface area contributed by atoms with Crippen molar-refractivity contribution >= 4 is 28.7 Å². The molecule has 0 radical (unpaired) electrons. The molecule has 1 aliphatic rings. The number of anilines is 2. The molecule has 146 valence electrons.